The number of benzene rings is 1. The van der Waals surface area contributed by atoms with E-state index in [1.165, 1.54) is 17.8 Å². The van der Waals surface area contributed by atoms with Crippen molar-refractivity contribution in [1.82, 2.24) is 20.5 Å². The summed E-state index contributed by atoms with van der Waals surface area (Å²) in [6, 6.07) is 13.1. The first-order valence-electron chi connectivity index (χ1n) is 9.82. The van der Waals surface area contributed by atoms with Gasteiger partial charge in [0.15, 0.2) is 6.61 Å². The lowest BCUT2D eigenvalue weighted by atomic mass is 10.0. The van der Waals surface area contributed by atoms with Crippen LogP contribution in [-0.4, -0.2) is 47.8 Å². The van der Waals surface area contributed by atoms with Gasteiger partial charge in [0.25, 0.3) is 0 Å². The molecule has 1 saturated heterocycles. The number of halogens is 3. The number of aromatic nitrogens is 1. The van der Waals surface area contributed by atoms with E-state index in [4.69, 9.17) is 0 Å². The van der Waals surface area contributed by atoms with E-state index in [2.05, 4.69) is 37.4 Å². The molecule has 2 aromatic rings. The number of carbonyl (C=O) groups is 1. The normalized spacial score (nSPS) is 15.6. The number of nitrogens with one attached hydrogen (secondary N) is 2. The average Bonchev–Trinajstić information content (AvgIpc) is 2.73. The average molecular weight is 422 g/mol. The molecule has 2 amide bonds. The number of ether oxygens (including phenoxy) is 1. The summed E-state index contributed by atoms with van der Waals surface area (Å²) < 4.78 is 41.3. The van der Waals surface area contributed by atoms with Gasteiger partial charge in [0.05, 0.1) is 0 Å². The van der Waals surface area contributed by atoms with E-state index in [1.807, 2.05) is 18.2 Å². The maximum absolute atomic E-state index is 12.2. The number of urea groups is 1. The highest BCUT2D eigenvalue weighted by atomic mass is 19.4. The zero-order valence-corrected chi connectivity index (χ0v) is 16.5. The zero-order chi connectivity index (χ0) is 21.4. The van der Waals surface area contributed by atoms with Crippen LogP contribution in [0, 0.1) is 0 Å². The first-order chi connectivity index (χ1) is 14.4. The molecule has 30 heavy (non-hydrogen) atoms. The SMILES string of the molecule is O=C(NCc1ccnc(OCC(F)(F)F)c1)NC1CCN(Cc2ccccc2)CC1. The molecule has 0 radical (unpaired) electrons. The molecule has 0 saturated carbocycles. The standard InChI is InChI=1S/C21H25F3N4O2/c22-21(23,24)15-30-19-12-17(6-9-25-19)13-26-20(29)27-18-7-10-28(11-8-18)14-16-4-2-1-3-5-16/h1-6,9,12,18H,7-8,10-11,13-15H2,(H2,26,27,29). The van der Waals surface area contributed by atoms with Crippen LogP contribution >= 0.6 is 0 Å². The van der Waals surface area contributed by atoms with Gasteiger partial charge in [-0.05, 0) is 30.0 Å². The first-order valence-corrected chi connectivity index (χ1v) is 9.82. The van der Waals surface area contributed by atoms with Crippen LogP contribution in [0.1, 0.15) is 24.0 Å². The van der Waals surface area contributed by atoms with E-state index in [1.54, 1.807) is 6.07 Å². The number of rotatable bonds is 7. The van der Waals surface area contributed by atoms with Crippen molar-refractivity contribution in [1.29, 1.82) is 0 Å². The molecule has 0 spiro atoms. The lowest BCUT2D eigenvalue weighted by molar-refractivity contribution is -0.154. The van der Waals surface area contributed by atoms with E-state index in [9.17, 15) is 18.0 Å². The Morgan fingerprint density at radius 2 is 1.87 bits per heavy atom. The van der Waals surface area contributed by atoms with E-state index >= 15 is 0 Å². The minimum atomic E-state index is -4.42. The van der Waals surface area contributed by atoms with Gasteiger partial charge in [-0.2, -0.15) is 13.2 Å². The predicted molar refractivity (Wildman–Crippen MR) is 106 cm³/mol. The molecule has 1 aromatic carbocycles. The van der Waals surface area contributed by atoms with Gasteiger partial charge in [0.2, 0.25) is 5.88 Å². The third kappa shape index (κ3) is 7.55. The van der Waals surface area contributed by atoms with Crippen LogP contribution in [0.25, 0.3) is 0 Å². The van der Waals surface area contributed by atoms with Crippen molar-refractivity contribution < 1.29 is 22.7 Å². The van der Waals surface area contributed by atoms with Gasteiger partial charge in [-0.25, -0.2) is 9.78 Å². The van der Waals surface area contributed by atoms with Crippen molar-refractivity contribution in [2.24, 2.45) is 0 Å². The van der Waals surface area contributed by atoms with E-state index in [-0.39, 0.29) is 24.5 Å². The van der Waals surface area contributed by atoms with Crippen LogP contribution in [0.15, 0.2) is 48.7 Å². The van der Waals surface area contributed by atoms with E-state index in [0.717, 1.165) is 32.5 Å². The minimum Gasteiger partial charge on any atom is -0.468 e. The second-order valence-corrected chi connectivity index (χ2v) is 7.27. The van der Waals surface area contributed by atoms with Gasteiger partial charge >= 0.3 is 12.2 Å². The molecule has 2 heterocycles. The summed E-state index contributed by atoms with van der Waals surface area (Å²) in [5.74, 6) is -0.127. The fraction of sp³-hybridized carbons (Fsp3) is 0.429. The highest BCUT2D eigenvalue weighted by Gasteiger charge is 2.28. The maximum Gasteiger partial charge on any atom is 0.422 e. The molecule has 9 heteroatoms. The Balaban J connectivity index is 1.37. The zero-order valence-electron chi connectivity index (χ0n) is 16.5. The third-order valence-corrected chi connectivity index (χ3v) is 4.81. The molecule has 0 unspecified atom stereocenters. The number of hydrogen-bond acceptors (Lipinski definition) is 4. The molecule has 0 aliphatic carbocycles. The molecular weight excluding hydrogens is 397 g/mol. The van der Waals surface area contributed by atoms with Crippen molar-refractivity contribution in [2.75, 3.05) is 19.7 Å². The van der Waals surface area contributed by atoms with Crippen LogP contribution in [0.2, 0.25) is 0 Å². The summed E-state index contributed by atoms with van der Waals surface area (Å²) in [4.78, 5) is 18.3. The number of hydrogen-bond donors (Lipinski definition) is 2. The minimum absolute atomic E-state index is 0.0974. The van der Waals surface area contributed by atoms with Gasteiger partial charge in [0.1, 0.15) is 0 Å². The maximum atomic E-state index is 12.2. The molecule has 1 aliphatic rings. The van der Waals surface area contributed by atoms with Crippen molar-refractivity contribution in [3.63, 3.8) is 0 Å². The number of carbonyl (C=O) groups excluding carboxylic acids is 1. The van der Waals surface area contributed by atoms with Gasteiger partial charge in [-0.15, -0.1) is 0 Å². The quantitative estimate of drug-likeness (QED) is 0.717. The summed E-state index contributed by atoms with van der Waals surface area (Å²) in [7, 11) is 0. The summed E-state index contributed by atoms with van der Waals surface area (Å²) in [5.41, 5.74) is 1.88. The molecule has 3 rings (SSSR count). The smallest absolute Gasteiger partial charge is 0.422 e. The van der Waals surface area contributed by atoms with Crippen molar-refractivity contribution in [3.05, 3.63) is 59.8 Å². The number of likely N-dealkylation sites (tertiary alicyclic amines) is 1. The van der Waals surface area contributed by atoms with Crippen LogP contribution in [0.5, 0.6) is 5.88 Å². The highest BCUT2D eigenvalue weighted by molar-refractivity contribution is 5.74. The molecule has 1 fully saturated rings. The lowest BCUT2D eigenvalue weighted by Crippen LogP contribution is -2.47. The van der Waals surface area contributed by atoms with Crippen LogP contribution in [0.3, 0.4) is 0 Å². The Labute approximate surface area is 173 Å². The Kier molecular flexibility index (Phi) is 7.51. The Hall–Kier alpha value is -2.81. The lowest BCUT2D eigenvalue weighted by Gasteiger charge is -2.32. The monoisotopic (exact) mass is 422 g/mol. The molecule has 1 aromatic heterocycles. The number of pyridine rings is 1. The van der Waals surface area contributed by atoms with Crippen LogP contribution < -0.4 is 15.4 Å². The van der Waals surface area contributed by atoms with Crippen molar-refractivity contribution in [3.8, 4) is 5.88 Å². The molecular formula is C21H25F3N4O2. The summed E-state index contributed by atoms with van der Waals surface area (Å²) in [6.45, 7) is 1.48. The number of piperidine rings is 1. The predicted octanol–water partition coefficient (Wildman–Crippen LogP) is 3.49. The Bertz CT molecular complexity index is 809. The molecule has 0 atom stereocenters. The van der Waals surface area contributed by atoms with Gasteiger partial charge in [0, 0.05) is 44.5 Å². The molecule has 162 valence electrons. The number of nitrogens with zero attached hydrogens (tertiary/aromatic N) is 2. The highest BCUT2D eigenvalue weighted by Crippen LogP contribution is 2.18. The molecule has 6 nitrogen and oxygen atoms in total. The number of amides is 2. The van der Waals surface area contributed by atoms with E-state index in [0.29, 0.717) is 5.56 Å². The summed E-state index contributed by atoms with van der Waals surface area (Å²) >= 11 is 0. The topological polar surface area (TPSA) is 66.5 Å². The summed E-state index contributed by atoms with van der Waals surface area (Å²) in [6.07, 6.45) is -1.34. The van der Waals surface area contributed by atoms with Gasteiger partial charge in [-0.3, -0.25) is 4.90 Å². The van der Waals surface area contributed by atoms with Gasteiger partial charge < -0.3 is 15.4 Å². The van der Waals surface area contributed by atoms with Gasteiger partial charge in [-0.1, -0.05) is 30.3 Å². The second-order valence-electron chi connectivity index (χ2n) is 7.27. The van der Waals surface area contributed by atoms with Crippen molar-refractivity contribution >= 4 is 6.03 Å². The second kappa shape index (κ2) is 10.3. The molecule has 1 aliphatic heterocycles. The van der Waals surface area contributed by atoms with Crippen molar-refractivity contribution in [2.45, 2.75) is 38.1 Å². The molecule has 0 bridgehead atoms. The third-order valence-electron chi connectivity index (χ3n) is 4.81. The fourth-order valence-electron chi connectivity index (χ4n) is 3.29. The fourth-order valence-corrected chi connectivity index (χ4v) is 3.29. The Morgan fingerprint density at radius 3 is 2.57 bits per heavy atom. The van der Waals surface area contributed by atoms with Crippen LogP contribution in [0.4, 0.5) is 18.0 Å². The summed E-state index contributed by atoms with van der Waals surface area (Å²) in [5, 5.41) is 5.69. The number of alkyl halides is 3. The van der Waals surface area contributed by atoms with Crippen LogP contribution in [-0.2, 0) is 13.1 Å². The molecule has 2 N–H and O–H groups in total. The Morgan fingerprint density at radius 1 is 1.13 bits per heavy atom. The first kappa shape index (κ1) is 21.9. The van der Waals surface area contributed by atoms with E-state index < -0.39 is 12.8 Å². The largest absolute Gasteiger partial charge is 0.468 e.